The molecule has 0 N–H and O–H groups in total. The molecule has 198 valence electrons. The Morgan fingerprint density at radius 2 is 1.24 bits per heavy atom. The van der Waals surface area contributed by atoms with Gasteiger partial charge in [0.2, 0.25) is 0 Å². The van der Waals surface area contributed by atoms with Crippen molar-refractivity contribution in [1.82, 2.24) is 19.7 Å². The number of hydrogen-bond acceptors (Lipinski definition) is 5. The van der Waals surface area contributed by atoms with E-state index in [1.165, 1.54) is 10.8 Å². The minimum absolute atomic E-state index is 0.948. The minimum Gasteiger partial charge on any atom is -0.361 e. The molecule has 1 fully saturated rings. The fraction of sp³-hybridized carbons (Fsp3) is 0.500. The SMILES string of the molecule is CCN(CC)C(C)=Nc1ccc2c(c1)nc(N1CCN(C)CC1)c1cc(N=C(C)N(CC)CC)ccc12. The number of aromatic nitrogens is 1. The summed E-state index contributed by atoms with van der Waals surface area (Å²) in [6.07, 6.45) is 0. The predicted octanol–water partition coefficient (Wildman–Crippen LogP) is 5.92. The van der Waals surface area contributed by atoms with Crippen molar-refractivity contribution in [2.24, 2.45) is 9.98 Å². The molecule has 3 aromatic rings. The van der Waals surface area contributed by atoms with Crippen LogP contribution in [0.25, 0.3) is 21.7 Å². The summed E-state index contributed by atoms with van der Waals surface area (Å²) < 4.78 is 0. The van der Waals surface area contributed by atoms with Crippen molar-refractivity contribution in [3.8, 4) is 0 Å². The van der Waals surface area contributed by atoms with Gasteiger partial charge in [-0.3, -0.25) is 0 Å². The highest BCUT2D eigenvalue weighted by atomic mass is 15.3. The number of aliphatic imine (C=N–C) groups is 2. The van der Waals surface area contributed by atoms with Crippen LogP contribution in [0.3, 0.4) is 0 Å². The van der Waals surface area contributed by atoms with Crippen LogP contribution in [0, 0.1) is 0 Å². The highest BCUT2D eigenvalue weighted by molar-refractivity contribution is 6.11. The van der Waals surface area contributed by atoms with Crippen LogP contribution in [0.5, 0.6) is 0 Å². The van der Waals surface area contributed by atoms with Gasteiger partial charge in [0.05, 0.1) is 16.9 Å². The standard InChI is InChI=1S/C30H43N7/c1-8-35(9-2)22(5)31-24-12-14-26-27-15-13-25(32-23(6)36(10-3)11-4)21-29(27)33-30(28(26)20-24)37-18-16-34(7)17-19-37/h12-15,20-21H,8-11,16-19H2,1-7H3. The summed E-state index contributed by atoms with van der Waals surface area (Å²) in [5.74, 6) is 3.13. The molecule has 0 radical (unpaired) electrons. The Kier molecular flexibility index (Phi) is 8.64. The third-order valence-corrected chi connectivity index (χ3v) is 7.57. The molecule has 1 aliphatic rings. The number of amidine groups is 2. The molecule has 0 aliphatic carbocycles. The second kappa shape index (κ2) is 11.9. The number of rotatable bonds is 7. The second-order valence-electron chi connectivity index (χ2n) is 9.82. The van der Waals surface area contributed by atoms with E-state index in [1.807, 2.05) is 0 Å². The van der Waals surface area contributed by atoms with E-state index >= 15 is 0 Å². The third kappa shape index (κ3) is 5.87. The summed E-state index contributed by atoms with van der Waals surface area (Å²) >= 11 is 0. The van der Waals surface area contributed by atoms with Crippen molar-refractivity contribution in [1.29, 1.82) is 0 Å². The highest BCUT2D eigenvalue weighted by Gasteiger charge is 2.20. The zero-order chi connectivity index (χ0) is 26.5. The quantitative estimate of drug-likeness (QED) is 0.228. The molecule has 0 bridgehead atoms. The molecule has 1 saturated heterocycles. The summed E-state index contributed by atoms with van der Waals surface area (Å²) in [6.45, 7) is 20.7. The normalized spacial score (nSPS) is 15.6. The van der Waals surface area contributed by atoms with Crippen molar-refractivity contribution in [3.05, 3.63) is 36.4 Å². The summed E-state index contributed by atoms with van der Waals surface area (Å²) in [5, 5.41) is 3.54. The molecular formula is C30H43N7. The molecule has 0 amide bonds. The van der Waals surface area contributed by atoms with Crippen molar-refractivity contribution in [2.45, 2.75) is 41.5 Å². The van der Waals surface area contributed by atoms with Crippen LogP contribution in [0.2, 0.25) is 0 Å². The van der Waals surface area contributed by atoms with E-state index in [9.17, 15) is 0 Å². The second-order valence-corrected chi connectivity index (χ2v) is 9.82. The topological polar surface area (TPSA) is 50.6 Å². The fourth-order valence-electron chi connectivity index (χ4n) is 5.24. The van der Waals surface area contributed by atoms with Gasteiger partial charge in [0.15, 0.2) is 0 Å². The molecule has 7 heteroatoms. The van der Waals surface area contributed by atoms with Crippen LogP contribution >= 0.6 is 0 Å². The van der Waals surface area contributed by atoms with Crippen LogP contribution in [-0.2, 0) is 0 Å². The molecule has 1 aromatic heterocycles. The molecule has 0 unspecified atom stereocenters. The van der Waals surface area contributed by atoms with Crippen molar-refractivity contribution in [2.75, 3.05) is 64.3 Å². The predicted molar refractivity (Wildman–Crippen MR) is 160 cm³/mol. The number of benzene rings is 2. The van der Waals surface area contributed by atoms with E-state index in [4.69, 9.17) is 15.0 Å². The van der Waals surface area contributed by atoms with Gasteiger partial charge in [0.25, 0.3) is 0 Å². The lowest BCUT2D eigenvalue weighted by Gasteiger charge is -2.34. The minimum atomic E-state index is 0.948. The van der Waals surface area contributed by atoms with Crippen LogP contribution < -0.4 is 4.90 Å². The monoisotopic (exact) mass is 501 g/mol. The van der Waals surface area contributed by atoms with Crippen molar-refractivity contribution < 1.29 is 0 Å². The van der Waals surface area contributed by atoms with Crippen LogP contribution in [-0.4, -0.2) is 90.8 Å². The molecule has 0 spiro atoms. The smallest absolute Gasteiger partial charge is 0.137 e. The lowest BCUT2D eigenvalue weighted by atomic mass is 10.0. The van der Waals surface area contributed by atoms with Gasteiger partial charge in [-0.25, -0.2) is 15.0 Å². The molecule has 4 rings (SSSR count). The largest absolute Gasteiger partial charge is 0.361 e. The third-order valence-electron chi connectivity index (χ3n) is 7.57. The van der Waals surface area contributed by atoms with Gasteiger partial charge in [0, 0.05) is 63.1 Å². The molecule has 0 atom stereocenters. The zero-order valence-electron chi connectivity index (χ0n) is 23.8. The van der Waals surface area contributed by atoms with Crippen molar-refractivity contribution >= 4 is 50.5 Å². The average Bonchev–Trinajstić information content (AvgIpc) is 2.90. The van der Waals surface area contributed by atoms with E-state index in [1.54, 1.807) is 0 Å². The van der Waals surface area contributed by atoms with Crippen LogP contribution in [0.4, 0.5) is 17.2 Å². The zero-order valence-corrected chi connectivity index (χ0v) is 23.8. The molecule has 2 heterocycles. The van der Waals surface area contributed by atoms with Gasteiger partial charge >= 0.3 is 0 Å². The maximum atomic E-state index is 5.26. The fourth-order valence-corrected chi connectivity index (χ4v) is 5.24. The van der Waals surface area contributed by atoms with Gasteiger partial charge in [-0.2, -0.15) is 0 Å². The van der Waals surface area contributed by atoms with Crippen LogP contribution in [0.15, 0.2) is 46.4 Å². The maximum absolute atomic E-state index is 5.26. The van der Waals surface area contributed by atoms with Gasteiger partial charge in [-0.05, 0) is 78.2 Å². The number of likely N-dealkylation sites (N-methyl/N-ethyl adjacent to an activating group) is 1. The molecular weight excluding hydrogens is 458 g/mol. The molecule has 1 aliphatic heterocycles. The molecule has 7 nitrogen and oxygen atoms in total. The summed E-state index contributed by atoms with van der Waals surface area (Å²) in [6, 6.07) is 13.0. The number of hydrogen-bond donors (Lipinski definition) is 0. The molecule has 37 heavy (non-hydrogen) atoms. The number of piperazine rings is 1. The Morgan fingerprint density at radius 3 is 1.78 bits per heavy atom. The van der Waals surface area contributed by atoms with Gasteiger partial charge in [0.1, 0.15) is 17.5 Å². The lowest BCUT2D eigenvalue weighted by molar-refractivity contribution is 0.312. The summed E-state index contributed by atoms with van der Waals surface area (Å²) in [7, 11) is 2.19. The first-order valence-electron chi connectivity index (χ1n) is 13.8. The van der Waals surface area contributed by atoms with Crippen molar-refractivity contribution in [3.63, 3.8) is 0 Å². The Balaban J connectivity index is 1.85. The first-order valence-corrected chi connectivity index (χ1v) is 13.8. The van der Waals surface area contributed by atoms with E-state index in [0.29, 0.717) is 0 Å². The highest BCUT2D eigenvalue weighted by Crippen LogP contribution is 2.36. The first kappa shape index (κ1) is 26.9. The van der Waals surface area contributed by atoms with Gasteiger partial charge in [-0.15, -0.1) is 0 Å². The lowest BCUT2D eigenvalue weighted by Crippen LogP contribution is -2.44. The van der Waals surface area contributed by atoms with Gasteiger partial charge in [-0.1, -0.05) is 12.1 Å². The summed E-state index contributed by atoms with van der Waals surface area (Å²) in [4.78, 5) is 24.5. The van der Waals surface area contributed by atoms with E-state index < -0.39 is 0 Å². The van der Waals surface area contributed by atoms with E-state index in [-0.39, 0.29) is 0 Å². The van der Waals surface area contributed by atoms with Gasteiger partial charge < -0.3 is 19.6 Å². The average molecular weight is 502 g/mol. The number of pyridine rings is 1. The first-order chi connectivity index (χ1) is 17.9. The molecule has 0 saturated carbocycles. The Bertz CT molecular complexity index is 1280. The van der Waals surface area contributed by atoms with E-state index in [0.717, 1.165) is 92.1 Å². The van der Waals surface area contributed by atoms with Crippen LogP contribution in [0.1, 0.15) is 41.5 Å². The Morgan fingerprint density at radius 1 is 0.730 bits per heavy atom. The number of nitrogens with zero attached hydrogens (tertiary/aromatic N) is 7. The number of fused-ring (bicyclic) bond motifs is 3. The Hall–Kier alpha value is -3.19. The van der Waals surface area contributed by atoms with E-state index in [2.05, 4.69) is 105 Å². The number of anilines is 1. The maximum Gasteiger partial charge on any atom is 0.137 e. The molecule has 2 aromatic carbocycles. The Labute approximate surface area is 222 Å². The summed E-state index contributed by atoms with van der Waals surface area (Å²) in [5.41, 5.74) is 2.92.